The second-order valence-corrected chi connectivity index (χ2v) is 8.62. The molecule has 0 spiro atoms. The van der Waals surface area contributed by atoms with Crippen LogP contribution in [0.5, 0.6) is 0 Å². The van der Waals surface area contributed by atoms with Crippen LogP contribution >= 0.6 is 11.3 Å². The Kier molecular flexibility index (Phi) is 5.36. The van der Waals surface area contributed by atoms with Crippen LogP contribution < -0.4 is 0 Å². The summed E-state index contributed by atoms with van der Waals surface area (Å²) in [6.45, 7) is 6.10. The largest absolute Gasteiger partial charge is 0.338 e. The van der Waals surface area contributed by atoms with E-state index in [2.05, 4.69) is 45.1 Å². The molecule has 4 nitrogen and oxygen atoms in total. The van der Waals surface area contributed by atoms with E-state index in [1.165, 1.54) is 16.9 Å². The molecule has 5 rings (SSSR count). The Labute approximate surface area is 159 Å². The van der Waals surface area contributed by atoms with Crippen molar-refractivity contribution in [2.45, 2.75) is 45.2 Å². The molecule has 5 heteroatoms. The van der Waals surface area contributed by atoms with E-state index in [-0.39, 0.29) is 0 Å². The molecule has 0 radical (unpaired) electrons. The maximum Gasteiger partial charge on any atom is 0.223 e. The number of nitrogens with zero attached hydrogens (tertiary/aromatic N) is 3. The topological polar surface area (TPSA) is 36.4 Å². The van der Waals surface area contributed by atoms with Gasteiger partial charge in [-0.25, -0.2) is 4.98 Å². The van der Waals surface area contributed by atoms with Gasteiger partial charge in [-0.05, 0) is 37.7 Å². The maximum atomic E-state index is 12.9. The molecule has 0 unspecified atom stereocenters. The standard InChI is InChI=1S/C21H27N3OS/c1-16-20(26-15-22-16)9-10-21(25)24-13-18-7-8-19(24)14-23(12-18)11-17-5-3-2-4-6-17/h2-6,15,18-19H,7-14H2,1H3/t18-,19+/m0/s1. The van der Waals surface area contributed by atoms with Crippen LogP contribution in [0.2, 0.25) is 0 Å². The molecule has 0 aliphatic carbocycles. The van der Waals surface area contributed by atoms with E-state index in [0.717, 1.165) is 44.7 Å². The van der Waals surface area contributed by atoms with E-state index in [4.69, 9.17) is 0 Å². The van der Waals surface area contributed by atoms with Gasteiger partial charge in [-0.3, -0.25) is 9.69 Å². The van der Waals surface area contributed by atoms with Gasteiger partial charge in [-0.15, -0.1) is 11.3 Å². The molecule has 2 aromatic rings. The summed E-state index contributed by atoms with van der Waals surface area (Å²) in [5.41, 5.74) is 4.33. The van der Waals surface area contributed by atoms with Crippen LogP contribution in [0.1, 0.15) is 35.4 Å². The van der Waals surface area contributed by atoms with E-state index < -0.39 is 0 Å². The Morgan fingerprint density at radius 2 is 2.04 bits per heavy atom. The number of thiazole rings is 1. The molecule has 1 aromatic carbocycles. The van der Waals surface area contributed by atoms with E-state index >= 15 is 0 Å². The second kappa shape index (κ2) is 7.89. The summed E-state index contributed by atoms with van der Waals surface area (Å²) in [5, 5.41) is 0. The van der Waals surface area contributed by atoms with Crippen molar-refractivity contribution in [2.75, 3.05) is 19.6 Å². The Balaban J connectivity index is 1.38. The van der Waals surface area contributed by atoms with Crippen LogP contribution in [0.4, 0.5) is 0 Å². The third-order valence-electron chi connectivity index (χ3n) is 5.77. The SMILES string of the molecule is Cc1ncsc1CCC(=O)N1C[C@H]2CC[C@@H]1CN(Cc1ccccc1)C2. The molecule has 1 aromatic heterocycles. The predicted molar refractivity (Wildman–Crippen MR) is 105 cm³/mol. The van der Waals surface area contributed by atoms with Gasteiger partial charge in [-0.2, -0.15) is 0 Å². The summed E-state index contributed by atoms with van der Waals surface area (Å²) >= 11 is 1.67. The first kappa shape index (κ1) is 17.7. The van der Waals surface area contributed by atoms with Crippen molar-refractivity contribution >= 4 is 17.2 Å². The van der Waals surface area contributed by atoms with E-state index in [0.29, 0.717) is 24.3 Å². The number of aryl methyl sites for hydroxylation is 2. The zero-order valence-electron chi connectivity index (χ0n) is 15.4. The number of benzene rings is 1. The summed E-state index contributed by atoms with van der Waals surface area (Å²) in [4.78, 5) is 23.2. The first-order valence-electron chi connectivity index (χ1n) is 9.64. The highest BCUT2D eigenvalue weighted by Gasteiger charge is 2.36. The third kappa shape index (κ3) is 3.99. The lowest BCUT2D eigenvalue weighted by molar-refractivity contribution is -0.135. The van der Waals surface area contributed by atoms with Gasteiger partial charge in [-0.1, -0.05) is 30.3 Å². The Hall–Kier alpha value is -1.72. The van der Waals surface area contributed by atoms with Crippen molar-refractivity contribution in [2.24, 2.45) is 5.92 Å². The van der Waals surface area contributed by atoms with E-state index in [1.807, 2.05) is 12.4 Å². The molecule has 3 aliphatic rings. The van der Waals surface area contributed by atoms with E-state index in [9.17, 15) is 4.79 Å². The van der Waals surface area contributed by atoms with Crippen molar-refractivity contribution in [1.82, 2.24) is 14.8 Å². The van der Waals surface area contributed by atoms with Gasteiger partial charge in [0.15, 0.2) is 0 Å². The molecule has 1 amide bonds. The van der Waals surface area contributed by atoms with Crippen molar-refractivity contribution in [1.29, 1.82) is 0 Å². The molecule has 26 heavy (non-hydrogen) atoms. The minimum absolute atomic E-state index is 0.328. The predicted octanol–water partition coefficient (Wildman–Crippen LogP) is 3.51. The fraction of sp³-hybridized carbons (Fsp3) is 0.524. The molecule has 138 valence electrons. The highest BCUT2D eigenvalue weighted by Crippen LogP contribution is 2.29. The summed E-state index contributed by atoms with van der Waals surface area (Å²) in [6, 6.07) is 11.1. The van der Waals surface area contributed by atoms with Crippen LogP contribution in [0.3, 0.4) is 0 Å². The first-order valence-corrected chi connectivity index (χ1v) is 10.5. The van der Waals surface area contributed by atoms with Crippen molar-refractivity contribution in [3.8, 4) is 0 Å². The van der Waals surface area contributed by atoms with Gasteiger partial charge in [0, 0.05) is 43.5 Å². The van der Waals surface area contributed by atoms with Crippen molar-refractivity contribution < 1.29 is 4.79 Å². The zero-order chi connectivity index (χ0) is 17.9. The molecular formula is C21H27N3OS. The van der Waals surface area contributed by atoms with Gasteiger partial charge in [0.25, 0.3) is 0 Å². The number of hydrogen-bond donors (Lipinski definition) is 0. The molecule has 3 aliphatic heterocycles. The van der Waals surface area contributed by atoms with Crippen LogP contribution in [-0.4, -0.2) is 46.4 Å². The van der Waals surface area contributed by atoms with Gasteiger partial charge in [0.05, 0.1) is 11.2 Å². The summed E-state index contributed by atoms with van der Waals surface area (Å²) in [6.07, 6.45) is 3.86. The minimum atomic E-state index is 0.328. The van der Waals surface area contributed by atoms with E-state index in [1.54, 1.807) is 11.3 Å². The molecule has 3 fully saturated rings. The fourth-order valence-electron chi connectivity index (χ4n) is 4.39. The van der Waals surface area contributed by atoms with Gasteiger partial charge in [0.1, 0.15) is 0 Å². The number of carbonyl (C=O) groups is 1. The number of rotatable bonds is 5. The number of aromatic nitrogens is 1. The molecule has 0 N–H and O–H groups in total. The van der Waals surface area contributed by atoms with Gasteiger partial charge >= 0.3 is 0 Å². The minimum Gasteiger partial charge on any atom is -0.338 e. The second-order valence-electron chi connectivity index (χ2n) is 7.68. The lowest BCUT2D eigenvalue weighted by Gasteiger charge is -2.36. The highest BCUT2D eigenvalue weighted by atomic mass is 32.1. The number of fused-ring (bicyclic) bond motifs is 4. The fourth-order valence-corrected chi connectivity index (χ4v) is 5.17. The van der Waals surface area contributed by atoms with Gasteiger partial charge in [0.2, 0.25) is 5.91 Å². The average molecular weight is 370 g/mol. The van der Waals surface area contributed by atoms with Crippen molar-refractivity contribution in [3.05, 3.63) is 52.0 Å². The normalized spacial score (nSPS) is 23.2. The number of hydrogen-bond acceptors (Lipinski definition) is 4. The van der Waals surface area contributed by atoms with Crippen LogP contribution in [0.25, 0.3) is 0 Å². The smallest absolute Gasteiger partial charge is 0.223 e. The average Bonchev–Trinajstić information content (AvgIpc) is 2.87. The van der Waals surface area contributed by atoms with Crippen LogP contribution in [-0.2, 0) is 17.8 Å². The Bertz CT molecular complexity index is 745. The van der Waals surface area contributed by atoms with Crippen LogP contribution in [0, 0.1) is 12.8 Å². The van der Waals surface area contributed by atoms with Crippen molar-refractivity contribution in [3.63, 3.8) is 0 Å². The summed E-state index contributed by atoms with van der Waals surface area (Å²) in [7, 11) is 0. The molecule has 2 bridgehead atoms. The lowest BCUT2D eigenvalue weighted by atomic mass is 9.94. The third-order valence-corrected chi connectivity index (χ3v) is 6.76. The highest BCUT2D eigenvalue weighted by molar-refractivity contribution is 7.09. The Morgan fingerprint density at radius 3 is 2.81 bits per heavy atom. The number of carbonyl (C=O) groups excluding carboxylic acids is 1. The molecular weight excluding hydrogens is 342 g/mol. The monoisotopic (exact) mass is 369 g/mol. The molecule has 2 atom stereocenters. The molecule has 0 saturated carbocycles. The summed E-state index contributed by atoms with van der Waals surface area (Å²) in [5.74, 6) is 0.945. The first-order chi connectivity index (χ1) is 12.7. The molecule has 4 heterocycles. The van der Waals surface area contributed by atoms with Gasteiger partial charge < -0.3 is 4.90 Å². The lowest BCUT2D eigenvalue weighted by Crippen LogP contribution is -2.47. The number of amides is 1. The Morgan fingerprint density at radius 1 is 1.19 bits per heavy atom. The number of piperidine rings is 1. The van der Waals surface area contributed by atoms with Crippen LogP contribution in [0.15, 0.2) is 35.8 Å². The maximum absolute atomic E-state index is 12.9. The zero-order valence-corrected chi connectivity index (χ0v) is 16.3. The quantitative estimate of drug-likeness (QED) is 0.809. The summed E-state index contributed by atoms with van der Waals surface area (Å²) < 4.78 is 0. The molecule has 3 saturated heterocycles.